The highest BCUT2D eigenvalue weighted by Gasteiger charge is 2.35. The van der Waals surface area contributed by atoms with Crippen LogP contribution in [0.15, 0.2) is 62.5 Å². The van der Waals surface area contributed by atoms with Crippen LogP contribution >= 0.6 is 0 Å². The number of hydrogen-bond donors (Lipinski definition) is 1. The van der Waals surface area contributed by atoms with Gasteiger partial charge in [0.2, 0.25) is 11.2 Å². The minimum Gasteiger partial charge on any atom is -0.502 e. The number of pyridine rings is 1. The van der Waals surface area contributed by atoms with Crippen LogP contribution in [0.4, 0.5) is 0 Å². The molecule has 9 nitrogen and oxygen atoms in total. The predicted molar refractivity (Wildman–Crippen MR) is 167 cm³/mol. The number of aromatic nitrogens is 1. The van der Waals surface area contributed by atoms with Gasteiger partial charge in [-0.3, -0.25) is 19.3 Å². The van der Waals surface area contributed by atoms with E-state index in [4.69, 9.17) is 13.9 Å². The predicted octanol–water partition coefficient (Wildman–Crippen LogP) is 5.56. The molecule has 2 aliphatic heterocycles. The van der Waals surface area contributed by atoms with Crippen LogP contribution < -0.4 is 15.7 Å². The number of nitrogens with zero attached hydrogens (tertiary/aromatic N) is 2. The number of carbonyl (C=O) groups excluding carboxylic acids is 1. The fraction of sp³-hybridized carbons (Fsp3) is 0.514. The quantitative estimate of drug-likeness (QED) is 0.188. The van der Waals surface area contributed by atoms with Gasteiger partial charge in [0, 0.05) is 43.4 Å². The number of likely N-dealkylation sites (tertiary alicyclic amines) is 1. The number of carbonyl (C=O) groups is 1. The molecular weight excluding hydrogens is 560 g/mol. The maximum Gasteiger partial charge on any atom is 0.306 e. The van der Waals surface area contributed by atoms with Crippen molar-refractivity contribution < 1.29 is 23.8 Å². The molecule has 1 fully saturated rings. The van der Waals surface area contributed by atoms with Crippen molar-refractivity contribution in [3.05, 3.63) is 91.9 Å². The Balaban J connectivity index is 1.31. The highest BCUT2D eigenvalue weighted by atomic mass is 16.5. The van der Waals surface area contributed by atoms with Crippen LogP contribution in [-0.2, 0) is 22.6 Å². The molecular formula is C35H44N2O7. The molecule has 0 spiro atoms. The molecule has 2 aliphatic rings. The second kappa shape index (κ2) is 14.8. The topological polar surface area (TPSA) is 111 Å². The zero-order chi connectivity index (χ0) is 31.1. The smallest absolute Gasteiger partial charge is 0.306 e. The normalized spacial score (nSPS) is 18.4. The fourth-order valence-corrected chi connectivity index (χ4v) is 6.69. The van der Waals surface area contributed by atoms with E-state index in [1.54, 1.807) is 6.07 Å². The van der Waals surface area contributed by atoms with Crippen molar-refractivity contribution in [2.75, 3.05) is 26.8 Å². The first-order valence-electron chi connectivity index (χ1n) is 15.9. The summed E-state index contributed by atoms with van der Waals surface area (Å²) < 4.78 is 19.0. The van der Waals surface area contributed by atoms with Gasteiger partial charge in [-0.2, -0.15) is 0 Å². The Morgan fingerprint density at radius 2 is 1.80 bits per heavy atom. The monoisotopic (exact) mass is 604 g/mol. The van der Waals surface area contributed by atoms with Gasteiger partial charge in [-0.1, -0.05) is 57.2 Å². The molecule has 1 aromatic carbocycles. The number of ether oxygens (including phenoxy) is 2. The molecule has 0 amide bonds. The Labute approximate surface area is 258 Å². The van der Waals surface area contributed by atoms with Crippen LogP contribution in [0.3, 0.4) is 0 Å². The third-order valence-corrected chi connectivity index (χ3v) is 8.90. The first kappa shape index (κ1) is 31.6. The van der Waals surface area contributed by atoms with E-state index in [-0.39, 0.29) is 23.7 Å². The van der Waals surface area contributed by atoms with Crippen molar-refractivity contribution in [1.29, 1.82) is 0 Å². The average molecular weight is 605 g/mol. The van der Waals surface area contributed by atoms with Gasteiger partial charge in [-0.15, -0.1) is 0 Å². The number of esters is 1. The molecule has 5 rings (SSSR count). The fourth-order valence-electron chi connectivity index (χ4n) is 6.69. The van der Waals surface area contributed by atoms with Gasteiger partial charge in [0.1, 0.15) is 11.5 Å². The zero-order valence-electron chi connectivity index (χ0n) is 25.8. The van der Waals surface area contributed by atoms with E-state index in [9.17, 15) is 19.5 Å². The van der Waals surface area contributed by atoms with Gasteiger partial charge in [0.05, 0.1) is 32.6 Å². The molecule has 9 heteroatoms. The summed E-state index contributed by atoms with van der Waals surface area (Å²) in [5.74, 6) is 0.0144. The molecule has 3 atom stereocenters. The van der Waals surface area contributed by atoms with Gasteiger partial charge in [-0.05, 0) is 42.5 Å². The van der Waals surface area contributed by atoms with Crippen LogP contribution in [0.5, 0.6) is 11.5 Å². The Hall–Kier alpha value is -3.85. The average Bonchev–Trinajstić information content (AvgIpc) is 3.02. The number of benzene rings is 1. The lowest BCUT2D eigenvalue weighted by Crippen LogP contribution is -2.46. The first-order chi connectivity index (χ1) is 21.4. The van der Waals surface area contributed by atoms with Crippen LogP contribution in [0.1, 0.15) is 92.9 Å². The molecule has 0 saturated carbocycles. The Kier molecular flexibility index (Phi) is 10.6. The minimum atomic E-state index is -0.720. The van der Waals surface area contributed by atoms with Gasteiger partial charge in [-0.25, -0.2) is 0 Å². The maximum atomic E-state index is 13.0. The summed E-state index contributed by atoms with van der Waals surface area (Å²) in [4.78, 5) is 40.1. The molecule has 1 N–H and O–H groups in total. The summed E-state index contributed by atoms with van der Waals surface area (Å²) in [6.07, 6.45) is 8.01. The van der Waals surface area contributed by atoms with Crippen LogP contribution in [0.25, 0.3) is 0 Å². The maximum absolute atomic E-state index is 13.0. The molecule has 3 aromatic rings. The number of piperidine rings is 1. The summed E-state index contributed by atoms with van der Waals surface area (Å²) >= 11 is 0. The van der Waals surface area contributed by atoms with Crippen LogP contribution in [-0.4, -0.2) is 47.3 Å². The number of methoxy groups -OCH3 is 1. The minimum absolute atomic E-state index is 0.0360. The van der Waals surface area contributed by atoms with Crippen molar-refractivity contribution in [3.8, 4) is 11.5 Å². The van der Waals surface area contributed by atoms with Crippen LogP contribution in [0, 0.1) is 5.92 Å². The van der Waals surface area contributed by atoms with Crippen molar-refractivity contribution >= 4 is 5.97 Å². The molecule has 44 heavy (non-hydrogen) atoms. The molecule has 236 valence electrons. The van der Waals surface area contributed by atoms with Gasteiger partial charge >= 0.3 is 5.97 Å². The molecule has 0 radical (unpaired) electrons. The van der Waals surface area contributed by atoms with Crippen molar-refractivity contribution in [2.45, 2.75) is 83.2 Å². The van der Waals surface area contributed by atoms with Gasteiger partial charge in [0.15, 0.2) is 5.76 Å². The number of rotatable bonds is 14. The lowest BCUT2D eigenvalue weighted by Gasteiger charge is -2.42. The van der Waals surface area contributed by atoms with Crippen molar-refractivity contribution in [1.82, 2.24) is 9.47 Å². The molecule has 2 bridgehead atoms. The zero-order valence-corrected chi connectivity index (χ0v) is 25.8. The third kappa shape index (κ3) is 7.62. The third-order valence-electron chi connectivity index (χ3n) is 8.90. The number of fused-ring (bicyclic) bond motifs is 4. The van der Waals surface area contributed by atoms with E-state index in [2.05, 4.69) is 11.8 Å². The van der Waals surface area contributed by atoms with E-state index in [0.29, 0.717) is 36.9 Å². The van der Waals surface area contributed by atoms with Gasteiger partial charge < -0.3 is 23.6 Å². The molecule has 0 aliphatic carbocycles. The highest BCUT2D eigenvalue weighted by Crippen LogP contribution is 2.37. The van der Waals surface area contributed by atoms with Gasteiger partial charge in [0.25, 0.3) is 5.56 Å². The standard InChI is InChI=1S/C35H44N2O7/c1-3-4-5-6-7-8-16-43-27-14-12-25(13-15-27)29(19-33(40)42-2)35-34(41)31(38)18-28(44-35)23-36-20-24-17-26(22-36)30-10-9-11-32(39)37(30)21-24/h9-15,18,24,26,29,41H,3-8,16-17,19-23H2,1-2H3/t24-,26+,29+/m0/s1. The van der Waals surface area contributed by atoms with Crippen molar-refractivity contribution in [3.63, 3.8) is 0 Å². The van der Waals surface area contributed by atoms with E-state index in [1.165, 1.54) is 38.9 Å². The Morgan fingerprint density at radius 3 is 2.57 bits per heavy atom. The lowest BCUT2D eigenvalue weighted by atomic mass is 9.83. The second-order valence-corrected chi connectivity index (χ2v) is 12.2. The van der Waals surface area contributed by atoms with E-state index < -0.39 is 23.1 Å². The van der Waals surface area contributed by atoms with Crippen molar-refractivity contribution in [2.24, 2.45) is 5.92 Å². The van der Waals surface area contributed by atoms with E-state index in [0.717, 1.165) is 43.8 Å². The molecule has 0 unspecified atom stereocenters. The second-order valence-electron chi connectivity index (χ2n) is 12.2. The summed E-state index contributed by atoms with van der Waals surface area (Å²) in [6, 6.07) is 14.1. The lowest BCUT2D eigenvalue weighted by molar-refractivity contribution is -0.140. The first-order valence-corrected chi connectivity index (χ1v) is 15.9. The SMILES string of the molecule is CCCCCCCCOc1ccc([C@@H](CC(=O)OC)c2oc(CN3C[C@@H]4C[C@H](C3)c3cccc(=O)n3C4)cc(=O)c2O)cc1. The highest BCUT2D eigenvalue weighted by molar-refractivity contribution is 5.71. The number of hydrogen-bond acceptors (Lipinski definition) is 8. The summed E-state index contributed by atoms with van der Waals surface area (Å²) in [5, 5.41) is 10.9. The largest absolute Gasteiger partial charge is 0.502 e. The molecule has 4 heterocycles. The van der Waals surface area contributed by atoms with E-state index >= 15 is 0 Å². The molecule has 2 aromatic heterocycles. The summed E-state index contributed by atoms with van der Waals surface area (Å²) in [5.41, 5.74) is 1.23. The Bertz CT molecular complexity index is 1530. The van der Waals surface area contributed by atoms with E-state index in [1.807, 2.05) is 41.0 Å². The van der Waals surface area contributed by atoms with Crippen LogP contribution in [0.2, 0.25) is 0 Å². The number of unbranched alkanes of at least 4 members (excludes halogenated alkanes) is 5. The number of aromatic hydroxyl groups is 1. The summed E-state index contributed by atoms with van der Waals surface area (Å²) in [7, 11) is 1.31. The Morgan fingerprint density at radius 1 is 1.02 bits per heavy atom. The summed E-state index contributed by atoms with van der Waals surface area (Å²) in [6.45, 7) is 5.39. The molecule has 1 saturated heterocycles.